The van der Waals surface area contributed by atoms with E-state index in [1.54, 1.807) is 0 Å². The minimum Gasteiger partial charge on any atom is -0.387 e. The molecule has 0 aromatic rings. The molecular weight excluding hydrogens is 164 g/mol. The van der Waals surface area contributed by atoms with Crippen LogP contribution in [0.1, 0.15) is 32.1 Å². The topological polar surface area (TPSA) is 32.8 Å². The predicted molar refractivity (Wildman–Crippen MR) is 50.1 cm³/mol. The van der Waals surface area contributed by atoms with Crippen LogP contribution < -0.4 is 0 Å². The van der Waals surface area contributed by atoms with Gasteiger partial charge < -0.3 is 9.84 Å². The third-order valence-electron chi connectivity index (χ3n) is 3.34. The standard InChI is InChI=1S/C11H16O2/c1-2-5-9-6-3-4-7-11(9,12)10-8-13-10/h1,9-10,12H,3-8H2/t9-,10+,11-/m0/s1. The first-order valence-electron chi connectivity index (χ1n) is 5.05. The van der Waals surface area contributed by atoms with Crippen molar-refractivity contribution in [3.8, 4) is 12.3 Å². The Kier molecular flexibility index (Phi) is 2.31. The summed E-state index contributed by atoms with van der Waals surface area (Å²) in [5.41, 5.74) is -0.607. The SMILES string of the molecule is C#CC[C@H]1CCCC[C@@]1(O)[C@H]1CO1. The van der Waals surface area contributed by atoms with Gasteiger partial charge in [0.25, 0.3) is 0 Å². The predicted octanol–water partition coefficient (Wildman–Crippen LogP) is 1.33. The summed E-state index contributed by atoms with van der Waals surface area (Å²) in [4.78, 5) is 0. The molecule has 0 aromatic heterocycles. The van der Waals surface area contributed by atoms with E-state index >= 15 is 0 Å². The summed E-state index contributed by atoms with van der Waals surface area (Å²) in [6.07, 6.45) is 10.3. The molecule has 3 atom stereocenters. The van der Waals surface area contributed by atoms with E-state index in [-0.39, 0.29) is 12.0 Å². The number of hydrogen-bond acceptors (Lipinski definition) is 2. The molecule has 2 rings (SSSR count). The van der Waals surface area contributed by atoms with Crippen molar-refractivity contribution < 1.29 is 9.84 Å². The second-order valence-electron chi connectivity index (χ2n) is 4.16. The van der Waals surface area contributed by atoms with Gasteiger partial charge in [-0.25, -0.2) is 0 Å². The van der Waals surface area contributed by atoms with Crippen LogP contribution in [0.5, 0.6) is 0 Å². The van der Waals surface area contributed by atoms with Gasteiger partial charge in [-0.1, -0.05) is 12.8 Å². The van der Waals surface area contributed by atoms with E-state index in [9.17, 15) is 5.11 Å². The van der Waals surface area contributed by atoms with Crippen LogP contribution in [0.3, 0.4) is 0 Å². The summed E-state index contributed by atoms with van der Waals surface area (Å²) in [5.74, 6) is 2.92. The van der Waals surface area contributed by atoms with Gasteiger partial charge in [0.05, 0.1) is 12.2 Å². The molecule has 1 saturated heterocycles. The van der Waals surface area contributed by atoms with E-state index in [0.29, 0.717) is 6.42 Å². The van der Waals surface area contributed by atoms with Gasteiger partial charge >= 0.3 is 0 Å². The first-order chi connectivity index (χ1) is 6.27. The Hall–Kier alpha value is -0.520. The number of epoxide rings is 1. The maximum atomic E-state index is 10.4. The summed E-state index contributed by atoms with van der Waals surface area (Å²) in [5, 5.41) is 10.4. The Morgan fingerprint density at radius 1 is 1.54 bits per heavy atom. The largest absolute Gasteiger partial charge is 0.387 e. The molecule has 0 unspecified atom stereocenters. The zero-order valence-corrected chi connectivity index (χ0v) is 7.83. The lowest BCUT2D eigenvalue weighted by atomic mass is 9.72. The molecular formula is C11H16O2. The summed E-state index contributed by atoms with van der Waals surface area (Å²) < 4.78 is 5.21. The van der Waals surface area contributed by atoms with Crippen molar-refractivity contribution in [2.24, 2.45) is 5.92 Å². The highest BCUT2D eigenvalue weighted by molar-refractivity contribution is 5.04. The van der Waals surface area contributed by atoms with Crippen LogP contribution in [-0.4, -0.2) is 23.4 Å². The molecule has 0 amide bonds. The first kappa shape index (κ1) is 9.05. The molecule has 13 heavy (non-hydrogen) atoms. The van der Waals surface area contributed by atoms with Crippen molar-refractivity contribution in [2.75, 3.05) is 6.61 Å². The normalized spacial score (nSPS) is 44.0. The maximum Gasteiger partial charge on any atom is 0.110 e. The van der Waals surface area contributed by atoms with Crippen molar-refractivity contribution >= 4 is 0 Å². The summed E-state index contributed by atoms with van der Waals surface area (Å²) in [7, 11) is 0. The Bertz CT molecular complexity index is 227. The van der Waals surface area contributed by atoms with Crippen molar-refractivity contribution in [1.82, 2.24) is 0 Å². The highest BCUT2D eigenvalue weighted by Gasteiger charge is 2.51. The third-order valence-corrected chi connectivity index (χ3v) is 3.34. The number of ether oxygens (including phenoxy) is 1. The molecule has 0 bridgehead atoms. The first-order valence-corrected chi connectivity index (χ1v) is 5.05. The van der Waals surface area contributed by atoms with E-state index in [1.165, 1.54) is 6.42 Å². The van der Waals surface area contributed by atoms with Crippen molar-refractivity contribution in [2.45, 2.75) is 43.8 Å². The van der Waals surface area contributed by atoms with Gasteiger partial charge in [0.2, 0.25) is 0 Å². The van der Waals surface area contributed by atoms with Gasteiger partial charge in [0.15, 0.2) is 0 Å². The van der Waals surface area contributed by atoms with Gasteiger partial charge in [0, 0.05) is 12.3 Å². The molecule has 72 valence electrons. The molecule has 2 heteroatoms. The van der Waals surface area contributed by atoms with Crippen LogP contribution in [0.4, 0.5) is 0 Å². The van der Waals surface area contributed by atoms with Crippen LogP contribution in [0.25, 0.3) is 0 Å². The highest BCUT2D eigenvalue weighted by atomic mass is 16.6. The summed E-state index contributed by atoms with van der Waals surface area (Å²) in [6, 6.07) is 0. The molecule has 2 fully saturated rings. The monoisotopic (exact) mass is 180 g/mol. The lowest BCUT2D eigenvalue weighted by Crippen LogP contribution is -2.45. The van der Waals surface area contributed by atoms with Crippen molar-refractivity contribution in [3.05, 3.63) is 0 Å². The second-order valence-corrected chi connectivity index (χ2v) is 4.16. The molecule has 0 radical (unpaired) electrons. The fourth-order valence-corrected chi connectivity index (χ4v) is 2.43. The van der Waals surface area contributed by atoms with Crippen LogP contribution in [0, 0.1) is 18.3 Å². The average molecular weight is 180 g/mol. The zero-order chi connectivity index (χ0) is 9.31. The lowest BCUT2D eigenvalue weighted by molar-refractivity contribution is -0.0666. The molecule has 1 aliphatic heterocycles. The van der Waals surface area contributed by atoms with Crippen LogP contribution in [-0.2, 0) is 4.74 Å². The van der Waals surface area contributed by atoms with Gasteiger partial charge in [-0.05, 0) is 12.8 Å². The minimum absolute atomic E-state index is 0.0751. The quantitative estimate of drug-likeness (QED) is 0.513. The fourth-order valence-electron chi connectivity index (χ4n) is 2.43. The van der Waals surface area contributed by atoms with Crippen LogP contribution in [0.15, 0.2) is 0 Å². The number of hydrogen-bond donors (Lipinski definition) is 1. The third kappa shape index (κ3) is 1.59. The molecule has 1 aliphatic carbocycles. The van der Waals surface area contributed by atoms with Gasteiger partial charge in [-0.15, -0.1) is 12.3 Å². The highest BCUT2D eigenvalue weighted by Crippen LogP contribution is 2.42. The van der Waals surface area contributed by atoms with Gasteiger partial charge in [0.1, 0.15) is 6.10 Å². The molecule has 1 N–H and O–H groups in total. The Morgan fingerprint density at radius 2 is 2.31 bits per heavy atom. The van der Waals surface area contributed by atoms with E-state index in [4.69, 9.17) is 11.2 Å². The van der Waals surface area contributed by atoms with E-state index in [1.807, 2.05) is 0 Å². The van der Waals surface area contributed by atoms with Crippen LogP contribution >= 0.6 is 0 Å². The van der Waals surface area contributed by atoms with Crippen molar-refractivity contribution in [1.29, 1.82) is 0 Å². The Morgan fingerprint density at radius 3 is 2.92 bits per heavy atom. The van der Waals surface area contributed by atoms with E-state index in [2.05, 4.69) is 5.92 Å². The maximum absolute atomic E-state index is 10.4. The Balaban J connectivity index is 2.07. The minimum atomic E-state index is -0.607. The second kappa shape index (κ2) is 3.32. The Labute approximate surface area is 79.3 Å². The molecule has 2 nitrogen and oxygen atoms in total. The summed E-state index contributed by atoms with van der Waals surface area (Å²) >= 11 is 0. The van der Waals surface area contributed by atoms with E-state index in [0.717, 1.165) is 25.9 Å². The summed E-state index contributed by atoms with van der Waals surface area (Å²) in [6.45, 7) is 0.720. The molecule has 1 saturated carbocycles. The van der Waals surface area contributed by atoms with Crippen molar-refractivity contribution in [3.63, 3.8) is 0 Å². The number of rotatable bonds is 2. The molecule has 0 spiro atoms. The van der Waals surface area contributed by atoms with Gasteiger partial charge in [-0.3, -0.25) is 0 Å². The van der Waals surface area contributed by atoms with Gasteiger partial charge in [-0.2, -0.15) is 0 Å². The number of aliphatic hydroxyl groups is 1. The van der Waals surface area contributed by atoms with Crippen LogP contribution in [0.2, 0.25) is 0 Å². The number of terminal acetylenes is 1. The molecule has 1 heterocycles. The lowest BCUT2D eigenvalue weighted by Gasteiger charge is -2.38. The average Bonchev–Trinajstić information content (AvgIpc) is 2.92. The molecule has 2 aliphatic rings. The fraction of sp³-hybridized carbons (Fsp3) is 0.818. The van der Waals surface area contributed by atoms with E-state index < -0.39 is 5.60 Å². The smallest absolute Gasteiger partial charge is 0.110 e. The molecule has 0 aromatic carbocycles. The zero-order valence-electron chi connectivity index (χ0n) is 7.83.